The summed E-state index contributed by atoms with van der Waals surface area (Å²) in [6.07, 6.45) is -0.822. The Kier molecular flexibility index (Phi) is 4.11. The largest absolute Gasteiger partial charge is 0.355 e. The Morgan fingerprint density at radius 1 is 1.56 bits per heavy atom. The highest BCUT2D eigenvalue weighted by Gasteiger charge is 2.33. The number of hydrogen-bond donors (Lipinski definition) is 1. The summed E-state index contributed by atoms with van der Waals surface area (Å²) in [7, 11) is 0. The van der Waals surface area contributed by atoms with Gasteiger partial charge in [0.05, 0.1) is 12.5 Å². The minimum absolute atomic E-state index is 0.228. The summed E-state index contributed by atoms with van der Waals surface area (Å²) in [5.74, 6) is 0.244. The number of carbonyl (C=O) groups is 1. The molecule has 2 heterocycles. The minimum Gasteiger partial charge on any atom is -0.355 e. The van der Waals surface area contributed by atoms with Crippen molar-refractivity contribution in [3.63, 3.8) is 0 Å². The topological polar surface area (TPSA) is 45.2 Å². The second-order valence-corrected chi connectivity index (χ2v) is 4.99. The van der Waals surface area contributed by atoms with Gasteiger partial charge in [-0.2, -0.15) is 0 Å². The minimum atomic E-state index is -2.50. The van der Waals surface area contributed by atoms with Gasteiger partial charge >= 0.3 is 0 Å². The molecule has 4 nitrogen and oxygen atoms in total. The van der Waals surface area contributed by atoms with Crippen molar-refractivity contribution in [1.82, 2.24) is 10.3 Å². The van der Waals surface area contributed by atoms with Crippen LogP contribution in [0.4, 0.5) is 14.6 Å². The SMILES string of the molecule is O=C(NCC(F)F)C1CN(c2ccc(Br)cn2)C1. The number of nitrogens with zero attached hydrogens (tertiary/aromatic N) is 2. The van der Waals surface area contributed by atoms with Gasteiger partial charge in [-0.05, 0) is 28.1 Å². The molecule has 0 aliphatic carbocycles. The maximum absolute atomic E-state index is 11.9. The zero-order chi connectivity index (χ0) is 13.1. The standard InChI is InChI=1S/C11H12BrF2N3O/c12-8-1-2-10(15-3-8)17-5-7(6-17)11(18)16-4-9(13)14/h1-3,7,9H,4-6H2,(H,16,18). The lowest BCUT2D eigenvalue weighted by atomic mass is 9.99. The molecule has 1 saturated heterocycles. The van der Waals surface area contributed by atoms with E-state index < -0.39 is 13.0 Å². The van der Waals surface area contributed by atoms with Crippen LogP contribution in [0.5, 0.6) is 0 Å². The molecule has 1 amide bonds. The molecule has 1 aliphatic heterocycles. The lowest BCUT2D eigenvalue weighted by Gasteiger charge is -2.39. The first-order valence-electron chi connectivity index (χ1n) is 5.48. The Morgan fingerprint density at radius 3 is 2.83 bits per heavy atom. The third-order valence-corrected chi connectivity index (χ3v) is 3.19. The summed E-state index contributed by atoms with van der Waals surface area (Å²) in [5, 5.41) is 2.22. The maximum atomic E-state index is 11.9. The lowest BCUT2D eigenvalue weighted by Crippen LogP contribution is -2.54. The van der Waals surface area contributed by atoms with E-state index in [0.29, 0.717) is 13.1 Å². The van der Waals surface area contributed by atoms with E-state index in [1.54, 1.807) is 6.20 Å². The normalized spacial score (nSPS) is 15.7. The number of hydrogen-bond acceptors (Lipinski definition) is 3. The Labute approximate surface area is 112 Å². The number of aromatic nitrogens is 1. The van der Waals surface area contributed by atoms with E-state index in [1.165, 1.54) is 0 Å². The van der Waals surface area contributed by atoms with Crippen molar-refractivity contribution in [3.05, 3.63) is 22.8 Å². The van der Waals surface area contributed by atoms with Crippen LogP contribution >= 0.6 is 15.9 Å². The zero-order valence-electron chi connectivity index (χ0n) is 9.44. The van der Waals surface area contributed by atoms with E-state index in [2.05, 4.69) is 26.2 Å². The predicted octanol–water partition coefficient (Wildman–Crippen LogP) is 1.66. The third-order valence-electron chi connectivity index (χ3n) is 2.72. The molecule has 0 spiro atoms. The molecule has 18 heavy (non-hydrogen) atoms. The van der Waals surface area contributed by atoms with Gasteiger partial charge in [0.15, 0.2) is 0 Å². The number of halogens is 3. The number of amides is 1. The third kappa shape index (κ3) is 3.16. The highest BCUT2D eigenvalue weighted by molar-refractivity contribution is 9.10. The van der Waals surface area contributed by atoms with Crippen molar-refractivity contribution < 1.29 is 13.6 Å². The maximum Gasteiger partial charge on any atom is 0.255 e. The summed E-state index contributed by atoms with van der Waals surface area (Å²) in [5.41, 5.74) is 0. The molecule has 7 heteroatoms. The average Bonchev–Trinajstić information content (AvgIpc) is 2.27. The summed E-state index contributed by atoms with van der Waals surface area (Å²) >= 11 is 3.29. The van der Waals surface area contributed by atoms with Crippen molar-refractivity contribution in [2.45, 2.75) is 6.43 Å². The molecule has 98 valence electrons. The molecule has 0 unspecified atom stereocenters. The van der Waals surface area contributed by atoms with Gasteiger partial charge in [-0.15, -0.1) is 0 Å². The van der Waals surface area contributed by atoms with Gasteiger partial charge in [0.2, 0.25) is 5.91 Å². The van der Waals surface area contributed by atoms with E-state index >= 15 is 0 Å². The van der Waals surface area contributed by atoms with Gasteiger partial charge in [-0.3, -0.25) is 4.79 Å². The number of pyridine rings is 1. The first-order chi connectivity index (χ1) is 8.56. The monoisotopic (exact) mass is 319 g/mol. The van der Waals surface area contributed by atoms with Gasteiger partial charge in [-0.1, -0.05) is 0 Å². The number of nitrogens with one attached hydrogen (secondary N) is 1. The van der Waals surface area contributed by atoms with E-state index in [9.17, 15) is 13.6 Å². The van der Waals surface area contributed by atoms with E-state index in [4.69, 9.17) is 0 Å². The Morgan fingerprint density at radius 2 is 2.28 bits per heavy atom. The number of alkyl halides is 2. The number of rotatable bonds is 4. The molecule has 2 rings (SSSR count). The fourth-order valence-electron chi connectivity index (χ4n) is 1.71. The average molecular weight is 320 g/mol. The molecule has 1 fully saturated rings. The van der Waals surface area contributed by atoms with Crippen LogP contribution in [0.3, 0.4) is 0 Å². The number of carbonyl (C=O) groups excluding carboxylic acids is 1. The molecule has 0 aromatic carbocycles. The molecule has 1 aliphatic rings. The first kappa shape index (κ1) is 13.2. The Balaban J connectivity index is 1.79. The predicted molar refractivity (Wildman–Crippen MR) is 66.7 cm³/mol. The van der Waals surface area contributed by atoms with E-state index in [0.717, 1.165) is 10.3 Å². The quantitative estimate of drug-likeness (QED) is 0.918. The van der Waals surface area contributed by atoms with Crippen LogP contribution in [0.2, 0.25) is 0 Å². The van der Waals surface area contributed by atoms with Crippen LogP contribution in [0.25, 0.3) is 0 Å². The number of anilines is 1. The second-order valence-electron chi connectivity index (χ2n) is 4.07. The van der Waals surface area contributed by atoms with Gasteiger partial charge in [0.25, 0.3) is 6.43 Å². The van der Waals surface area contributed by atoms with Gasteiger partial charge in [0, 0.05) is 23.8 Å². The second kappa shape index (κ2) is 5.60. The molecule has 1 aromatic heterocycles. The van der Waals surface area contributed by atoms with Crippen LogP contribution in [0, 0.1) is 5.92 Å². The van der Waals surface area contributed by atoms with Crippen LogP contribution < -0.4 is 10.2 Å². The van der Waals surface area contributed by atoms with Crippen molar-refractivity contribution in [3.8, 4) is 0 Å². The molecule has 0 radical (unpaired) electrons. The lowest BCUT2D eigenvalue weighted by molar-refractivity contribution is -0.126. The molecule has 0 atom stereocenters. The highest BCUT2D eigenvalue weighted by Crippen LogP contribution is 2.23. The summed E-state index contributed by atoms with van der Waals surface area (Å²) in [4.78, 5) is 17.6. The van der Waals surface area contributed by atoms with Crippen molar-refractivity contribution in [1.29, 1.82) is 0 Å². The molecule has 0 bridgehead atoms. The first-order valence-corrected chi connectivity index (χ1v) is 6.28. The Bertz CT molecular complexity index is 421. The van der Waals surface area contributed by atoms with Gasteiger partial charge in [0.1, 0.15) is 5.82 Å². The molecule has 1 aromatic rings. The fraction of sp³-hybridized carbons (Fsp3) is 0.455. The van der Waals surface area contributed by atoms with Crippen molar-refractivity contribution >= 4 is 27.7 Å². The van der Waals surface area contributed by atoms with Crippen LogP contribution in [0.15, 0.2) is 22.8 Å². The van der Waals surface area contributed by atoms with Crippen LogP contribution in [0.1, 0.15) is 0 Å². The van der Waals surface area contributed by atoms with E-state index in [-0.39, 0.29) is 11.8 Å². The van der Waals surface area contributed by atoms with Crippen molar-refractivity contribution in [2.24, 2.45) is 5.92 Å². The van der Waals surface area contributed by atoms with E-state index in [1.807, 2.05) is 17.0 Å². The molecular weight excluding hydrogens is 308 g/mol. The van der Waals surface area contributed by atoms with Gasteiger partial charge in [-0.25, -0.2) is 13.8 Å². The van der Waals surface area contributed by atoms with Gasteiger partial charge < -0.3 is 10.2 Å². The zero-order valence-corrected chi connectivity index (χ0v) is 11.0. The fourth-order valence-corrected chi connectivity index (χ4v) is 1.94. The highest BCUT2D eigenvalue weighted by atomic mass is 79.9. The molecule has 0 saturated carbocycles. The Hall–Kier alpha value is -1.24. The molecule has 1 N–H and O–H groups in total. The summed E-state index contributed by atoms with van der Waals surface area (Å²) in [6.45, 7) is 0.458. The summed E-state index contributed by atoms with van der Waals surface area (Å²) < 4.78 is 24.7. The smallest absolute Gasteiger partial charge is 0.255 e. The van der Waals surface area contributed by atoms with Crippen molar-refractivity contribution in [2.75, 3.05) is 24.5 Å². The summed E-state index contributed by atoms with van der Waals surface area (Å²) in [6, 6.07) is 3.71. The van der Waals surface area contributed by atoms with Crippen LogP contribution in [-0.2, 0) is 4.79 Å². The molecular formula is C11H12BrF2N3O. The van der Waals surface area contributed by atoms with Crippen LogP contribution in [-0.4, -0.2) is 37.0 Å².